The number of carbonyl (C=O) groups is 1. The Labute approximate surface area is 107 Å². The number of carbonyl (C=O) groups excluding carboxylic acids is 1. The molecule has 1 fully saturated rings. The molecule has 0 N–H and O–H groups in total. The number of nitrogens with zero attached hydrogens (tertiary/aromatic N) is 2. The fourth-order valence-electron chi connectivity index (χ4n) is 2.39. The first kappa shape index (κ1) is 13.0. The standard InChI is InChI=1S/C14H19FN2O/c1-16(8-9-17-6-2-3-7-17)14-5-4-13(15)10-12(14)11-18/h4-5,10-11H,2-3,6-9H2,1H3. The number of benzene rings is 1. The van der Waals surface area contributed by atoms with Crippen LogP contribution in [-0.2, 0) is 0 Å². The molecule has 0 unspecified atom stereocenters. The van der Waals surface area contributed by atoms with Crippen molar-refractivity contribution >= 4 is 12.0 Å². The zero-order chi connectivity index (χ0) is 13.0. The lowest BCUT2D eigenvalue weighted by Gasteiger charge is -2.24. The fourth-order valence-corrected chi connectivity index (χ4v) is 2.39. The second-order valence-corrected chi connectivity index (χ2v) is 4.79. The summed E-state index contributed by atoms with van der Waals surface area (Å²) >= 11 is 0. The van der Waals surface area contributed by atoms with E-state index in [2.05, 4.69) is 4.90 Å². The predicted octanol–water partition coefficient (Wildman–Crippen LogP) is 2.17. The molecule has 1 aromatic carbocycles. The van der Waals surface area contributed by atoms with Crippen molar-refractivity contribution in [1.82, 2.24) is 4.90 Å². The third kappa shape index (κ3) is 3.07. The zero-order valence-electron chi connectivity index (χ0n) is 10.7. The van der Waals surface area contributed by atoms with Gasteiger partial charge in [-0.1, -0.05) is 0 Å². The Morgan fingerprint density at radius 1 is 1.39 bits per heavy atom. The topological polar surface area (TPSA) is 23.6 Å². The van der Waals surface area contributed by atoms with Crippen molar-refractivity contribution in [3.63, 3.8) is 0 Å². The molecule has 0 aromatic heterocycles. The third-order valence-corrected chi connectivity index (χ3v) is 3.48. The number of aldehydes is 1. The highest BCUT2D eigenvalue weighted by Gasteiger charge is 2.13. The van der Waals surface area contributed by atoms with Crippen LogP contribution in [0.25, 0.3) is 0 Å². The molecule has 1 aliphatic rings. The molecule has 0 atom stereocenters. The lowest BCUT2D eigenvalue weighted by Crippen LogP contribution is -2.31. The van der Waals surface area contributed by atoms with E-state index in [1.54, 1.807) is 6.07 Å². The second kappa shape index (κ2) is 5.96. The van der Waals surface area contributed by atoms with Crippen LogP contribution in [0.2, 0.25) is 0 Å². The van der Waals surface area contributed by atoms with Gasteiger partial charge in [0, 0.05) is 31.4 Å². The molecule has 0 spiro atoms. The van der Waals surface area contributed by atoms with E-state index < -0.39 is 0 Å². The smallest absolute Gasteiger partial charge is 0.152 e. The maximum atomic E-state index is 13.0. The number of anilines is 1. The van der Waals surface area contributed by atoms with Gasteiger partial charge in [-0.3, -0.25) is 4.79 Å². The van der Waals surface area contributed by atoms with Crippen LogP contribution in [0.3, 0.4) is 0 Å². The number of likely N-dealkylation sites (tertiary alicyclic amines) is 1. The summed E-state index contributed by atoms with van der Waals surface area (Å²) in [7, 11) is 1.94. The molecule has 18 heavy (non-hydrogen) atoms. The van der Waals surface area contributed by atoms with Crippen LogP contribution in [0.4, 0.5) is 10.1 Å². The number of halogens is 1. The molecule has 0 radical (unpaired) electrons. The summed E-state index contributed by atoms with van der Waals surface area (Å²) < 4.78 is 13.0. The summed E-state index contributed by atoms with van der Waals surface area (Å²) in [6, 6.07) is 4.35. The van der Waals surface area contributed by atoms with Crippen molar-refractivity contribution < 1.29 is 9.18 Å². The first-order valence-electron chi connectivity index (χ1n) is 6.39. The van der Waals surface area contributed by atoms with Crippen molar-refractivity contribution in [2.75, 3.05) is 38.1 Å². The maximum absolute atomic E-state index is 13.0. The van der Waals surface area contributed by atoms with Crippen molar-refractivity contribution in [3.05, 3.63) is 29.6 Å². The lowest BCUT2D eigenvalue weighted by molar-refractivity contribution is 0.112. The van der Waals surface area contributed by atoms with Crippen LogP contribution in [0.5, 0.6) is 0 Å². The summed E-state index contributed by atoms with van der Waals surface area (Å²) in [5.74, 6) is -0.367. The molecular weight excluding hydrogens is 231 g/mol. The van der Waals surface area contributed by atoms with Crippen LogP contribution in [-0.4, -0.2) is 44.4 Å². The molecule has 98 valence electrons. The van der Waals surface area contributed by atoms with Gasteiger partial charge in [0.15, 0.2) is 6.29 Å². The number of rotatable bonds is 5. The van der Waals surface area contributed by atoms with E-state index in [9.17, 15) is 9.18 Å². The van der Waals surface area contributed by atoms with E-state index in [0.717, 1.165) is 31.9 Å². The molecule has 3 nitrogen and oxygen atoms in total. The summed E-state index contributed by atoms with van der Waals surface area (Å²) in [6.45, 7) is 4.17. The molecule has 1 saturated heterocycles. The Morgan fingerprint density at radius 2 is 2.11 bits per heavy atom. The molecule has 4 heteroatoms. The Hall–Kier alpha value is -1.42. The van der Waals surface area contributed by atoms with Gasteiger partial charge in [-0.15, -0.1) is 0 Å². The Bertz CT molecular complexity index is 416. The molecule has 0 aliphatic carbocycles. The first-order valence-corrected chi connectivity index (χ1v) is 6.39. The van der Waals surface area contributed by atoms with Gasteiger partial charge in [-0.05, 0) is 44.1 Å². The molecule has 0 saturated carbocycles. The van der Waals surface area contributed by atoms with Gasteiger partial charge in [-0.2, -0.15) is 0 Å². The van der Waals surface area contributed by atoms with Crippen molar-refractivity contribution in [2.45, 2.75) is 12.8 Å². The second-order valence-electron chi connectivity index (χ2n) is 4.79. The predicted molar refractivity (Wildman–Crippen MR) is 70.7 cm³/mol. The molecule has 1 aromatic rings. The van der Waals surface area contributed by atoms with Crippen molar-refractivity contribution in [3.8, 4) is 0 Å². The normalized spacial score (nSPS) is 15.9. The highest BCUT2D eigenvalue weighted by molar-refractivity contribution is 5.84. The van der Waals surface area contributed by atoms with E-state index >= 15 is 0 Å². The molecule has 0 bridgehead atoms. The first-order chi connectivity index (χ1) is 8.70. The van der Waals surface area contributed by atoms with Crippen molar-refractivity contribution in [1.29, 1.82) is 0 Å². The summed E-state index contributed by atoms with van der Waals surface area (Å²) in [4.78, 5) is 15.4. The minimum Gasteiger partial charge on any atom is -0.373 e. The Balaban J connectivity index is 1.98. The minimum atomic E-state index is -0.367. The van der Waals surface area contributed by atoms with Crippen LogP contribution in [0.15, 0.2) is 18.2 Å². The Kier molecular flexibility index (Phi) is 4.31. The van der Waals surface area contributed by atoms with Crippen molar-refractivity contribution in [2.24, 2.45) is 0 Å². The van der Waals surface area contributed by atoms with Gasteiger partial charge in [0.1, 0.15) is 5.82 Å². The molecule has 0 amide bonds. The van der Waals surface area contributed by atoms with E-state index in [1.165, 1.54) is 25.0 Å². The van der Waals surface area contributed by atoms with Gasteiger partial charge in [0.05, 0.1) is 0 Å². The van der Waals surface area contributed by atoms with Crippen LogP contribution in [0, 0.1) is 5.82 Å². The summed E-state index contributed by atoms with van der Waals surface area (Å²) in [5.41, 5.74) is 1.21. The largest absolute Gasteiger partial charge is 0.373 e. The van der Waals surface area contributed by atoms with Gasteiger partial charge in [0.25, 0.3) is 0 Å². The van der Waals surface area contributed by atoms with E-state index in [0.29, 0.717) is 11.8 Å². The fraction of sp³-hybridized carbons (Fsp3) is 0.500. The maximum Gasteiger partial charge on any atom is 0.152 e. The van der Waals surface area contributed by atoms with E-state index in [4.69, 9.17) is 0 Å². The van der Waals surface area contributed by atoms with Crippen LogP contribution < -0.4 is 4.90 Å². The van der Waals surface area contributed by atoms with Crippen LogP contribution in [0.1, 0.15) is 23.2 Å². The molecule has 2 rings (SSSR count). The quantitative estimate of drug-likeness (QED) is 0.748. The van der Waals surface area contributed by atoms with Gasteiger partial charge in [0.2, 0.25) is 0 Å². The number of hydrogen-bond acceptors (Lipinski definition) is 3. The van der Waals surface area contributed by atoms with Gasteiger partial charge < -0.3 is 9.80 Å². The average molecular weight is 250 g/mol. The van der Waals surface area contributed by atoms with E-state index in [-0.39, 0.29) is 5.82 Å². The van der Waals surface area contributed by atoms with Gasteiger partial charge >= 0.3 is 0 Å². The zero-order valence-corrected chi connectivity index (χ0v) is 10.7. The lowest BCUT2D eigenvalue weighted by atomic mass is 10.1. The average Bonchev–Trinajstić information content (AvgIpc) is 2.88. The SMILES string of the molecule is CN(CCN1CCCC1)c1ccc(F)cc1C=O. The monoisotopic (exact) mass is 250 g/mol. The molecule has 1 heterocycles. The molecular formula is C14H19FN2O. The summed E-state index contributed by atoms with van der Waals surface area (Å²) in [5, 5.41) is 0. The highest BCUT2D eigenvalue weighted by Crippen LogP contribution is 2.19. The summed E-state index contributed by atoms with van der Waals surface area (Å²) in [6.07, 6.45) is 3.27. The minimum absolute atomic E-state index is 0.367. The number of likely N-dealkylation sites (N-methyl/N-ethyl adjacent to an activating group) is 1. The van der Waals surface area contributed by atoms with Crippen LogP contribution >= 0.6 is 0 Å². The Morgan fingerprint density at radius 3 is 2.78 bits per heavy atom. The number of hydrogen-bond donors (Lipinski definition) is 0. The molecule has 1 aliphatic heterocycles. The third-order valence-electron chi connectivity index (χ3n) is 3.48. The van der Waals surface area contributed by atoms with E-state index in [1.807, 2.05) is 11.9 Å². The van der Waals surface area contributed by atoms with Gasteiger partial charge in [-0.25, -0.2) is 4.39 Å². The highest BCUT2D eigenvalue weighted by atomic mass is 19.1.